The molecule has 6 heteroatoms. The van der Waals surface area contributed by atoms with Gasteiger partial charge in [0.25, 0.3) is 0 Å². The molecule has 1 heterocycles. The number of anilines is 1. The summed E-state index contributed by atoms with van der Waals surface area (Å²) >= 11 is 5.01. The van der Waals surface area contributed by atoms with E-state index >= 15 is 0 Å². The normalized spacial score (nSPS) is 10.6. The molecule has 1 aromatic carbocycles. The second-order valence-corrected chi connectivity index (χ2v) is 7.34. The molecule has 0 spiro atoms. The van der Waals surface area contributed by atoms with Crippen molar-refractivity contribution in [2.75, 3.05) is 11.9 Å². The first kappa shape index (κ1) is 17.9. The van der Waals surface area contributed by atoms with Crippen LogP contribution in [0.4, 0.5) is 5.13 Å². The summed E-state index contributed by atoms with van der Waals surface area (Å²) in [5.74, 6) is 0.788. The Bertz CT molecular complexity index is 666. The number of thiazole rings is 1. The van der Waals surface area contributed by atoms with Gasteiger partial charge in [0.2, 0.25) is 5.91 Å². The first-order valence-electron chi connectivity index (χ1n) is 7.64. The number of amides is 1. The van der Waals surface area contributed by atoms with Crippen LogP contribution in [0.3, 0.4) is 0 Å². The van der Waals surface area contributed by atoms with Crippen molar-refractivity contribution in [1.29, 1.82) is 0 Å². The van der Waals surface area contributed by atoms with Crippen molar-refractivity contribution in [2.45, 2.75) is 40.0 Å². The number of benzene rings is 1. The molecule has 1 amide bonds. The first-order valence-corrected chi connectivity index (χ1v) is 9.25. The van der Waals surface area contributed by atoms with Gasteiger partial charge in [-0.15, -0.1) is 11.3 Å². The van der Waals surface area contributed by atoms with Gasteiger partial charge in [0.05, 0.1) is 16.8 Å². The molecule has 0 unspecified atom stereocenters. The van der Waals surface area contributed by atoms with Gasteiger partial charge in [-0.3, -0.25) is 4.79 Å². The largest absolute Gasteiger partial charge is 0.492 e. The van der Waals surface area contributed by atoms with Crippen LogP contribution in [0.2, 0.25) is 0 Å². The molecule has 0 radical (unpaired) electrons. The maximum absolute atomic E-state index is 11.9. The smallest absolute Gasteiger partial charge is 0.226 e. The molecule has 0 aliphatic carbocycles. The zero-order valence-corrected chi connectivity index (χ0v) is 16.0. The van der Waals surface area contributed by atoms with Crippen molar-refractivity contribution >= 4 is 38.3 Å². The molecule has 0 saturated carbocycles. The third-order valence-electron chi connectivity index (χ3n) is 3.49. The predicted molar refractivity (Wildman–Crippen MR) is 98.5 cm³/mol. The molecule has 0 saturated heterocycles. The highest BCUT2D eigenvalue weighted by Crippen LogP contribution is 2.26. The van der Waals surface area contributed by atoms with Crippen LogP contribution < -0.4 is 10.1 Å². The highest BCUT2D eigenvalue weighted by atomic mass is 79.9. The number of ether oxygens (including phenoxy) is 1. The molecule has 23 heavy (non-hydrogen) atoms. The number of aromatic nitrogens is 1. The molecule has 0 bridgehead atoms. The van der Waals surface area contributed by atoms with E-state index in [-0.39, 0.29) is 5.91 Å². The zero-order valence-electron chi connectivity index (χ0n) is 13.6. The lowest BCUT2D eigenvalue weighted by molar-refractivity contribution is -0.116. The molecule has 4 nitrogen and oxygen atoms in total. The van der Waals surface area contributed by atoms with Gasteiger partial charge < -0.3 is 10.1 Å². The van der Waals surface area contributed by atoms with E-state index in [1.54, 1.807) is 0 Å². The summed E-state index contributed by atoms with van der Waals surface area (Å²) in [4.78, 5) is 17.3. The van der Waals surface area contributed by atoms with Crippen LogP contribution in [0, 0.1) is 13.8 Å². The molecule has 2 aromatic rings. The number of aryl methyl sites for hydroxylation is 3. The summed E-state index contributed by atoms with van der Waals surface area (Å²) in [6, 6.07) is 6.08. The van der Waals surface area contributed by atoms with Crippen LogP contribution in [0.1, 0.15) is 35.9 Å². The van der Waals surface area contributed by atoms with Crippen molar-refractivity contribution in [2.24, 2.45) is 0 Å². The van der Waals surface area contributed by atoms with Gasteiger partial charge in [0.1, 0.15) is 5.75 Å². The van der Waals surface area contributed by atoms with E-state index < -0.39 is 0 Å². The van der Waals surface area contributed by atoms with Gasteiger partial charge in [-0.2, -0.15) is 0 Å². The fourth-order valence-electron chi connectivity index (χ4n) is 2.00. The Morgan fingerprint density at radius 1 is 1.39 bits per heavy atom. The quantitative estimate of drug-likeness (QED) is 0.678. The number of carbonyl (C=O) groups excluding carboxylic acids is 1. The van der Waals surface area contributed by atoms with Crippen molar-refractivity contribution in [3.63, 3.8) is 0 Å². The summed E-state index contributed by atoms with van der Waals surface area (Å²) in [6.45, 7) is 6.56. The van der Waals surface area contributed by atoms with E-state index in [1.165, 1.54) is 16.9 Å². The summed E-state index contributed by atoms with van der Waals surface area (Å²) < 4.78 is 6.67. The third-order valence-corrected chi connectivity index (χ3v) is 5.09. The summed E-state index contributed by atoms with van der Waals surface area (Å²) in [5.41, 5.74) is 2.23. The van der Waals surface area contributed by atoms with Gasteiger partial charge in [-0.25, -0.2) is 4.98 Å². The fourth-order valence-corrected chi connectivity index (χ4v) is 3.38. The van der Waals surface area contributed by atoms with Gasteiger partial charge >= 0.3 is 0 Å². The van der Waals surface area contributed by atoms with E-state index in [9.17, 15) is 4.79 Å². The van der Waals surface area contributed by atoms with Gasteiger partial charge in [0, 0.05) is 11.3 Å². The molecule has 124 valence electrons. The Kier molecular flexibility index (Phi) is 6.59. The Morgan fingerprint density at radius 3 is 2.78 bits per heavy atom. The average molecular weight is 397 g/mol. The number of hydrogen-bond acceptors (Lipinski definition) is 4. The molecule has 1 N–H and O–H groups in total. The number of carbonyl (C=O) groups is 1. The van der Waals surface area contributed by atoms with Crippen molar-refractivity contribution < 1.29 is 9.53 Å². The Balaban J connectivity index is 1.73. The lowest BCUT2D eigenvalue weighted by Gasteiger charge is -2.09. The Morgan fingerprint density at radius 2 is 2.17 bits per heavy atom. The first-order chi connectivity index (χ1) is 11.0. The number of nitrogens with one attached hydrogen (secondary N) is 1. The van der Waals surface area contributed by atoms with E-state index in [4.69, 9.17) is 4.74 Å². The SMILES string of the molecule is CCc1ccc(OCCCC(=O)Nc2nc(C)c(C)s2)c(Br)c1. The van der Waals surface area contributed by atoms with Crippen molar-refractivity contribution in [1.82, 2.24) is 4.98 Å². The monoisotopic (exact) mass is 396 g/mol. The molecular formula is C17H21BrN2O2S. The third kappa shape index (κ3) is 5.32. The highest BCUT2D eigenvalue weighted by molar-refractivity contribution is 9.10. The van der Waals surface area contributed by atoms with Crippen molar-refractivity contribution in [3.8, 4) is 5.75 Å². The van der Waals surface area contributed by atoms with Gasteiger partial charge in [-0.1, -0.05) is 13.0 Å². The second-order valence-electron chi connectivity index (χ2n) is 5.28. The predicted octanol–water partition coefficient (Wildman–Crippen LogP) is 4.88. The molecule has 1 aromatic heterocycles. The van der Waals surface area contributed by atoms with Crippen molar-refractivity contribution in [3.05, 3.63) is 38.8 Å². The van der Waals surface area contributed by atoms with Gasteiger partial charge in [0.15, 0.2) is 5.13 Å². The minimum absolute atomic E-state index is 0.0252. The molecule has 2 rings (SSSR count). The summed E-state index contributed by atoms with van der Waals surface area (Å²) in [6.07, 6.45) is 2.08. The van der Waals surface area contributed by atoms with Gasteiger partial charge in [-0.05, 0) is 60.3 Å². The average Bonchev–Trinajstić information content (AvgIpc) is 2.82. The Labute approximate surface area is 149 Å². The van der Waals surface area contributed by atoms with Crippen LogP contribution in [0.25, 0.3) is 0 Å². The van der Waals surface area contributed by atoms with E-state index in [2.05, 4.69) is 45.3 Å². The fraction of sp³-hybridized carbons (Fsp3) is 0.412. The molecule has 0 fully saturated rings. The summed E-state index contributed by atoms with van der Waals surface area (Å²) in [7, 11) is 0. The van der Waals surface area contributed by atoms with Crippen LogP contribution in [-0.2, 0) is 11.2 Å². The minimum Gasteiger partial charge on any atom is -0.492 e. The standard InChI is InChI=1S/C17H21BrN2O2S/c1-4-13-7-8-15(14(18)10-13)22-9-5-6-16(21)20-17-19-11(2)12(3)23-17/h7-8,10H,4-6,9H2,1-3H3,(H,19,20,21). The molecule has 0 atom stereocenters. The van der Waals surface area contributed by atoms with E-state index in [0.29, 0.717) is 24.6 Å². The number of nitrogens with zero attached hydrogens (tertiary/aromatic N) is 1. The van der Waals surface area contributed by atoms with Crippen LogP contribution >= 0.6 is 27.3 Å². The van der Waals surface area contributed by atoms with E-state index in [0.717, 1.165) is 27.2 Å². The summed E-state index contributed by atoms with van der Waals surface area (Å²) in [5, 5.41) is 3.50. The lowest BCUT2D eigenvalue weighted by Crippen LogP contribution is -2.12. The van der Waals surface area contributed by atoms with Crippen LogP contribution in [0.5, 0.6) is 5.75 Å². The number of halogens is 1. The number of rotatable bonds is 7. The topological polar surface area (TPSA) is 51.2 Å². The Hall–Kier alpha value is -1.40. The van der Waals surface area contributed by atoms with Crippen LogP contribution in [0.15, 0.2) is 22.7 Å². The minimum atomic E-state index is -0.0252. The zero-order chi connectivity index (χ0) is 16.8. The maximum atomic E-state index is 11.9. The lowest BCUT2D eigenvalue weighted by atomic mass is 10.2. The number of hydrogen-bond donors (Lipinski definition) is 1. The molecular weight excluding hydrogens is 376 g/mol. The molecule has 0 aliphatic rings. The highest BCUT2D eigenvalue weighted by Gasteiger charge is 2.08. The van der Waals surface area contributed by atoms with Crippen LogP contribution in [-0.4, -0.2) is 17.5 Å². The molecule has 0 aliphatic heterocycles. The second kappa shape index (κ2) is 8.45. The van der Waals surface area contributed by atoms with E-state index in [1.807, 2.05) is 19.9 Å². The maximum Gasteiger partial charge on any atom is 0.226 e.